The van der Waals surface area contributed by atoms with E-state index in [-0.39, 0.29) is 17.0 Å². The van der Waals surface area contributed by atoms with Gasteiger partial charge < -0.3 is 4.74 Å². The second-order valence-corrected chi connectivity index (χ2v) is 9.72. The molecule has 2 aromatic carbocycles. The SMILES string of the molecule is COc1c(C(Cl)(Cl)Cl)c(C(Cl)(Cl)Cl)c(-c2ncncn2)c2ccccc12. The third kappa shape index (κ3) is 3.64. The molecule has 0 spiro atoms. The van der Waals surface area contributed by atoms with Gasteiger partial charge in [0.25, 0.3) is 0 Å². The Bertz CT molecular complexity index is 954. The summed E-state index contributed by atoms with van der Waals surface area (Å²) < 4.78 is 1.65. The van der Waals surface area contributed by atoms with Crippen LogP contribution in [0.3, 0.4) is 0 Å². The molecule has 0 aliphatic carbocycles. The molecule has 0 bridgehead atoms. The van der Waals surface area contributed by atoms with E-state index < -0.39 is 7.59 Å². The van der Waals surface area contributed by atoms with Crippen LogP contribution in [0.4, 0.5) is 0 Å². The Morgan fingerprint density at radius 2 is 1.35 bits per heavy atom. The van der Waals surface area contributed by atoms with Crippen LogP contribution in [0.2, 0.25) is 0 Å². The first-order chi connectivity index (χ1) is 12.2. The number of ether oxygens (including phenoxy) is 1. The van der Waals surface area contributed by atoms with Gasteiger partial charge in [-0.3, -0.25) is 0 Å². The number of benzene rings is 2. The summed E-state index contributed by atoms with van der Waals surface area (Å²) in [6, 6.07) is 7.27. The Labute approximate surface area is 179 Å². The van der Waals surface area contributed by atoms with Crippen molar-refractivity contribution in [1.29, 1.82) is 0 Å². The lowest BCUT2D eigenvalue weighted by atomic mass is 9.93. The lowest BCUT2D eigenvalue weighted by Crippen LogP contribution is -2.17. The molecule has 0 amide bonds. The van der Waals surface area contributed by atoms with E-state index in [2.05, 4.69) is 15.0 Å². The third-order valence-electron chi connectivity index (χ3n) is 3.66. The fourth-order valence-electron chi connectivity index (χ4n) is 2.77. The summed E-state index contributed by atoms with van der Waals surface area (Å²) in [7, 11) is 1.45. The van der Waals surface area contributed by atoms with Crippen molar-refractivity contribution in [2.45, 2.75) is 7.59 Å². The first-order valence-corrected chi connectivity index (χ1v) is 9.32. The predicted molar refractivity (Wildman–Crippen MR) is 108 cm³/mol. The molecule has 0 radical (unpaired) electrons. The van der Waals surface area contributed by atoms with Gasteiger partial charge in [0.15, 0.2) is 5.82 Å². The van der Waals surface area contributed by atoms with Gasteiger partial charge in [-0.25, -0.2) is 15.0 Å². The van der Waals surface area contributed by atoms with Crippen molar-refractivity contribution in [3.8, 4) is 17.1 Å². The highest BCUT2D eigenvalue weighted by Crippen LogP contribution is 2.56. The topological polar surface area (TPSA) is 47.9 Å². The van der Waals surface area contributed by atoms with Crippen LogP contribution in [-0.2, 0) is 7.59 Å². The summed E-state index contributed by atoms with van der Waals surface area (Å²) >= 11 is 37.6. The van der Waals surface area contributed by atoms with Crippen LogP contribution < -0.4 is 4.74 Å². The number of alkyl halides is 6. The molecule has 4 nitrogen and oxygen atoms in total. The fraction of sp³-hybridized carbons (Fsp3) is 0.188. The summed E-state index contributed by atoms with van der Waals surface area (Å²) in [5, 5.41) is 1.33. The Morgan fingerprint density at radius 3 is 1.85 bits per heavy atom. The molecular weight excluding hydrogens is 463 g/mol. The van der Waals surface area contributed by atoms with Crippen LogP contribution >= 0.6 is 69.6 Å². The number of hydrogen-bond donors (Lipinski definition) is 0. The van der Waals surface area contributed by atoms with Crippen molar-refractivity contribution in [2.75, 3.05) is 7.11 Å². The van der Waals surface area contributed by atoms with Gasteiger partial charge in [-0.15, -0.1) is 0 Å². The molecule has 3 rings (SSSR count). The van der Waals surface area contributed by atoms with Gasteiger partial charge in [0, 0.05) is 16.5 Å². The molecule has 0 atom stereocenters. The first kappa shape index (κ1) is 20.0. The summed E-state index contributed by atoms with van der Waals surface area (Å²) in [6.45, 7) is 0. The summed E-state index contributed by atoms with van der Waals surface area (Å²) in [5.74, 6) is 0.565. The molecular formula is C16H9Cl6N3O. The highest BCUT2D eigenvalue weighted by Gasteiger charge is 2.42. The van der Waals surface area contributed by atoms with Crippen LogP contribution in [0.1, 0.15) is 11.1 Å². The van der Waals surface area contributed by atoms with Gasteiger partial charge in [0.1, 0.15) is 18.4 Å². The van der Waals surface area contributed by atoms with Crippen molar-refractivity contribution in [1.82, 2.24) is 15.0 Å². The number of methoxy groups -OCH3 is 1. The smallest absolute Gasteiger partial charge is 0.220 e. The van der Waals surface area contributed by atoms with Crippen LogP contribution in [0.15, 0.2) is 36.9 Å². The van der Waals surface area contributed by atoms with Gasteiger partial charge in [-0.05, 0) is 5.39 Å². The molecule has 26 heavy (non-hydrogen) atoms. The van der Waals surface area contributed by atoms with E-state index in [9.17, 15) is 0 Å². The monoisotopic (exact) mass is 469 g/mol. The van der Waals surface area contributed by atoms with Crippen LogP contribution in [-0.4, -0.2) is 22.1 Å². The fourth-order valence-corrected chi connectivity index (χ4v) is 3.88. The quantitative estimate of drug-likeness (QED) is 0.408. The van der Waals surface area contributed by atoms with E-state index >= 15 is 0 Å². The highest BCUT2D eigenvalue weighted by molar-refractivity contribution is 6.69. The average Bonchev–Trinajstić information content (AvgIpc) is 2.58. The van der Waals surface area contributed by atoms with Crippen molar-refractivity contribution >= 4 is 80.4 Å². The number of aromatic nitrogens is 3. The third-order valence-corrected chi connectivity index (χ3v) is 4.79. The zero-order chi connectivity index (χ0) is 19.1. The Kier molecular flexibility index (Phi) is 5.65. The van der Waals surface area contributed by atoms with E-state index in [0.717, 1.165) is 0 Å². The molecule has 1 aromatic heterocycles. The summed E-state index contributed by atoms with van der Waals surface area (Å²) in [4.78, 5) is 12.2. The summed E-state index contributed by atoms with van der Waals surface area (Å²) in [5.41, 5.74) is 0.661. The Hall–Kier alpha value is -0.750. The molecule has 3 aromatic rings. The molecule has 10 heteroatoms. The molecule has 0 fully saturated rings. The second kappa shape index (κ2) is 7.34. The van der Waals surface area contributed by atoms with E-state index in [1.54, 1.807) is 6.07 Å². The van der Waals surface area contributed by atoms with E-state index in [1.165, 1.54) is 19.8 Å². The number of halogens is 6. The standard InChI is InChI=1S/C16H9Cl6N3O/c1-26-13-9-5-3-2-4-8(9)10(14-24-6-23-7-25-14)11(15(17,18)19)12(13)16(20,21)22/h2-7H,1H3. The number of rotatable bonds is 2. The molecule has 0 saturated heterocycles. The maximum atomic E-state index is 6.28. The molecule has 0 N–H and O–H groups in total. The van der Waals surface area contributed by atoms with Gasteiger partial charge in [0.05, 0.1) is 12.7 Å². The Morgan fingerprint density at radius 1 is 0.808 bits per heavy atom. The number of hydrogen-bond acceptors (Lipinski definition) is 4. The zero-order valence-electron chi connectivity index (χ0n) is 13.0. The predicted octanol–water partition coefficient (Wildman–Crippen LogP) is 6.35. The van der Waals surface area contributed by atoms with Crippen LogP contribution in [0, 0.1) is 0 Å². The molecule has 136 valence electrons. The minimum Gasteiger partial charge on any atom is -0.496 e. The minimum atomic E-state index is -1.95. The van der Waals surface area contributed by atoms with Crippen LogP contribution in [0.5, 0.6) is 5.75 Å². The lowest BCUT2D eigenvalue weighted by molar-refractivity contribution is 0.414. The van der Waals surface area contributed by atoms with Crippen molar-refractivity contribution in [3.63, 3.8) is 0 Å². The largest absolute Gasteiger partial charge is 0.496 e. The summed E-state index contributed by atoms with van der Waals surface area (Å²) in [6.07, 6.45) is 2.66. The van der Waals surface area contributed by atoms with Crippen LogP contribution in [0.25, 0.3) is 22.2 Å². The normalized spacial score (nSPS) is 12.4. The Balaban J connectivity index is 2.64. The number of nitrogens with zero attached hydrogens (tertiary/aromatic N) is 3. The van der Waals surface area contributed by atoms with E-state index in [0.29, 0.717) is 22.1 Å². The van der Waals surface area contributed by atoms with E-state index in [4.69, 9.17) is 74.3 Å². The maximum Gasteiger partial charge on any atom is 0.220 e. The van der Waals surface area contributed by atoms with Crippen molar-refractivity contribution in [3.05, 3.63) is 48.0 Å². The molecule has 0 saturated carbocycles. The van der Waals surface area contributed by atoms with Gasteiger partial charge in [-0.2, -0.15) is 0 Å². The van der Waals surface area contributed by atoms with Crippen molar-refractivity contribution < 1.29 is 4.74 Å². The van der Waals surface area contributed by atoms with Gasteiger partial charge in [-0.1, -0.05) is 93.9 Å². The molecule has 0 unspecified atom stereocenters. The average molecular weight is 472 g/mol. The minimum absolute atomic E-state index is 0.110. The van der Waals surface area contributed by atoms with Crippen molar-refractivity contribution in [2.24, 2.45) is 0 Å². The highest BCUT2D eigenvalue weighted by atomic mass is 35.6. The lowest BCUT2D eigenvalue weighted by Gasteiger charge is -2.28. The van der Waals surface area contributed by atoms with Gasteiger partial charge in [0.2, 0.25) is 7.59 Å². The molecule has 0 aliphatic rings. The molecule has 1 heterocycles. The molecule has 0 aliphatic heterocycles. The van der Waals surface area contributed by atoms with Gasteiger partial charge >= 0.3 is 0 Å². The zero-order valence-corrected chi connectivity index (χ0v) is 17.5. The first-order valence-electron chi connectivity index (χ1n) is 7.05. The second-order valence-electron chi connectivity index (χ2n) is 5.16. The maximum absolute atomic E-state index is 6.28. The number of fused-ring (bicyclic) bond motifs is 1. The van der Waals surface area contributed by atoms with E-state index in [1.807, 2.05) is 18.2 Å².